The summed E-state index contributed by atoms with van der Waals surface area (Å²) in [6, 6.07) is 11.6. The molecule has 0 saturated carbocycles. The van der Waals surface area contributed by atoms with Crippen LogP contribution in [-0.2, 0) is 12.6 Å². The fourth-order valence-electron chi connectivity index (χ4n) is 3.79. The van der Waals surface area contributed by atoms with Gasteiger partial charge in [0.1, 0.15) is 5.82 Å². The van der Waals surface area contributed by atoms with Crippen LogP contribution in [0.2, 0.25) is 0 Å². The summed E-state index contributed by atoms with van der Waals surface area (Å²) >= 11 is 0. The number of nitrogens with zero attached hydrogens (tertiary/aromatic N) is 2. The number of alkyl halides is 3. The minimum absolute atomic E-state index is 0.498. The van der Waals surface area contributed by atoms with Gasteiger partial charge in [-0.15, -0.1) is 0 Å². The quantitative estimate of drug-likeness (QED) is 0.593. The number of rotatable bonds is 2. The van der Waals surface area contributed by atoms with Gasteiger partial charge in [-0.05, 0) is 56.9 Å². The second kappa shape index (κ2) is 7.00. The van der Waals surface area contributed by atoms with Crippen molar-refractivity contribution >= 4 is 5.82 Å². The molecule has 1 aromatic heterocycles. The van der Waals surface area contributed by atoms with Crippen LogP contribution in [0.5, 0.6) is 0 Å². The molecule has 3 nitrogen and oxygen atoms in total. The summed E-state index contributed by atoms with van der Waals surface area (Å²) in [6.07, 6.45) is -1.59. The second-order valence-corrected chi connectivity index (χ2v) is 7.34. The molecule has 0 bridgehead atoms. The number of aromatic nitrogens is 2. The molecule has 6 heteroatoms. The topological polar surface area (TPSA) is 29.9 Å². The molecular weight excluding hydrogens is 363 g/mol. The first-order chi connectivity index (χ1) is 13.3. The van der Waals surface area contributed by atoms with E-state index in [0.29, 0.717) is 11.3 Å². The van der Waals surface area contributed by atoms with Gasteiger partial charge in [-0.25, -0.2) is 4.68 Å². The van der Waals surface area contributed by atoms with Crippen LogP contribution in [0.25, 0.3) is 16.9 Å². The van der Waals surface area contributed by atoms with E-state index in [-0.39, 0.29) is 0 Å². The molecule has 0 radical (unpaired) electrons. The molecule has 3 aromatic rings. The van der Waals surface area contributed by atoms with E-state index in [1.165, 1.54) is 12.1 Å². The number of nitrogens with one attached hydrogen (secondary N) is 1. The molecule has 1 aliphatic heterocycles. The maximum Gasteiger partial charge on any atom is 0.416 e. The van der Waals surface area contributed by atoms with E-state index in [4.69, 9.17) is 5.10 Å². The fraction of sp³-hybridized carbons (Fsp3) is 0.318. The van der Waals surface area contributed by atoms with E-state index in [2.05, 4.69) is 11.4 Å². The fourth-order valence-corrected chi connectivity index (χ4v) is 3.79. The molecule has 0 fully saturated rings. The van der Waals surface area contributed by atoms with Crippen molar-refractivity contribution < 1.29 is 13.2 Å². The molecule has 0 saturated heterocycles. The third-order valence-electron chi connectivity index (χ3n) is 5.17. The van der Waals surface area contributed by atoms with Crippen molar-refractivity contribution in [3.8, 4) is 16.9 Å². The number of hydrogen-bond donors (Lipinski definition) is 1. The summed E-state index contributed by atoms with van der Waals surface area (Å²) < 4.78 is 41.5. The van der Waals surface area contributed by atoms with Crippen LogP contribution < -0.4 is 5.32 Å². The highest BCUT2D eigenvalue weighted by Gasteiger charge is 2.31. The molecule has 2 heterocycles. The monoisotopic (exact) mass is 385 g/mol. The van der Waals surface area contributed by atoms with Gasteiger partial charge >= 0.3 is 6.18 Å². The molecular formula is C22H22F3N3. The molecule has 0 atom stereocenters. The molecule has 0 spiro atoms. The Labute approximate surface area is 162 Å². The van der Waals surface area contributed by atoms with Gasteiger partial charge in [-0.3, -0.25) is 0 Å². The summed E-state index contributed by atoms with van der Waals surface area (Å²) in [7, 11) is 0. The van der Waals surface area contributed by atoms with E-state index in [0.717, 1.165) is 60.1 Å². The predicted octanol–water partition coefficient (Wildman–Crippen LogP) is 5.92. The lowest BCUT2D eigenvalue weighted by Gasteiger charge is -2.12. The van der Waals surface area contributed by atoms with Gasteiger partial charge in [0, 0.05) is 17.7 Å². The van der Waals surface area contributed by atoms with Crippen LogP contribution in [-0.4, -0.2) is 16.3 Å². The van der Waals surface area contributed by atoms with Crippen molar-refractivity contribution in [2.75, 3.05) is 11.9 Å². The summed E-state index contributed by atoms with van der Waals surface area (Å²) in [4.78, 5) is 0. The molecule has 1 N–H and O–H groups in total. The Morgan fingerprint density at radius 2 is 1.86 bits per heavy atom. The SMILES string of the molecule is Cc1ccc(-n2nc(-c3cccc(C(F)(F)F)c3)c3c2NCCCC3)c(C)c1. The van der Waals surface area contributed by atoms with Crippen LogP contribution in [0.1, 0.15) is 35.1 Å². The van der Waals surface area contributed by atoms with Crippen LogP contribution in [0.3, 0.4) is 0 Å². The first-order valence-corrected chi connectivity index (χ1v) is 9.45. The molecule has 28 heavy (non-hydrogen) atoms. The summed E-state index contributed by atoms with van der Waals surface area (Å²) in [5.41, 5.74) is 4.62. The van der Waals surface area contributed by atoms with E-state index in [9.17, 15) is 13.2 Å². The largest absolute Gasteiger partial charge is 0.416 e. The number of fused-ring (bicyclic) bond motifs is 1. The van der Waals surface area contributed by atoms with Gasteiger partial charge in [0.25, 0.3) is 0 Å². The predicted molar refractivity (Wildman–Crippen MR) is 105 cm³/mol. The minimum Gasteiger partial charge on any atom is -0.370 e. The average molecular weight is 385 g/mol. The lowest BCUT2D eigenvalue weighted by atomic mass is 10.0. The number of aryl methyl sites for hydroxylation is 2. The zero-order valence-corrected chi connectivity index (χ0v) is 15.9. The van der Waals surface area contributed by atoms with E-state index in [1.54, 1.807) is 6.07 Å². The number of benzene rings is 2. The van der Waals surface area contributed by atoms with Crippen molar-refractivity contribution in [2.45, 2.75) is 39.3 Å². The zero-order valence-electron chi connectivity index (χ0n) is 15.9. The van der Waals surface area contributed by atoms with Crippen LogP contribution in [0.4, 0.5) is 19.0 Å². The van der Waals surface area contributed by atoms with Crippen molar-refractivity contribution in [1.29, 1.82) is 0 Å². The smallest absolute Gasteiger partial charge is 0.370 e. The molecule has 0 unspecified atom stereocenters. The van der Waals surface area contributed by atoms with Crippen molar-refractivity contribution in [3.05, 3.63) is 64.7 Å². The highest BCUT2D eigenvalue weighted by molar-refractivity contribution is 5.72. The van der Waals surface area contributed by atoms with Crippen molar-refractivity contribution in [1.82, 2.24) is 9.78 Å². The maximum absolute atomic E-state index is 13.2. The summed E-state index contributed by atoms with van der Waals surface area (Å²) in [5, 5.41) is 8.22. The Balaban J connectivity index is 1.91. The van der Waals surface area contributed by atoms with Gasteiger partial charge < -0.3 is 5.32 Å². The van der Waals surface area contributed by atoms with E-state index >= 15 is 0 Å². The normalized spacial score (nSPS) is 14.3. The highest BCUT2D eigenvalue weighted by atomic mass is 19.4. The third kappa shape index (κ3) is 3.39. The molecule has 1 aliphatic rings. The van der Waals surface area contributed by atoms with Gasteiger partial charge in [-0.2, -0.15) is 18.3 Å². The average Bonchev–Trinajstić information content (AvgIpc) is 2.83. The van der Waals surface area contributed by atoms with Crippen molar-refractivity contribution in [3.63, 3.8) is 0 Å². The Morgan fingerprint density at radius 1 is 1.04 bits per heavy atom. The summed E-state index contributed by atoms with van der Waals surface area (Å²) in [6.45, 7) is 4.88. The second-order valence-electron chi connectivity index (χ2n) is 7.34. The highest BCUT2D eigenvalue weighted by Crippen LogP contribution is 2.37. The lowest BCUT2D eigenvalue weighted by Crippen LogP contribution is -2.08. The van der Waals surface area contributed by atoms with Gasteiger partial charge in [0.2, 0.25) is 0 Å². The molecule has 4 rings (SSSR count). The number of halogens is 3. The Bertz CT molecular complexity index is 1020. The van der Waals surface area contributed by atoms with Crippen LogP contribution in [0, 0.1) is 13.8 Å². The van der Waals surface area contributed by atoms with Gasteiger partial charge in [0.05, 0.1) is 16.9 Å². The molecule has 0 amide bonds. The van der Waals surface area contributed by atoms with Gasteiger partial charge in [0.15, 0.2) is 0 Å². The van der Waals surface area contributed by atoms with E-state index < -0.39 is 11.7 Å². The first kappa shape index (κ1) is 18.6. The summed E-state index contributed by atoms with van der Waals surface area (Å²) in [5.74, 6) is 0.886. The maximum atomic E-state index is 13.2. The Kier molecular flexibility index (Phi) is 4.65. The third-order valence-corrected chi connectivity index (χ3v) is 5.17. The minimum atomic E-state index is -4.37. The number of hydrogen-bond acceptors (Lipinski definition) is 2. The number of anilines is 1. The first-order valence-electron chi connectivity index (χ1n) is 9.45. The molecule has 0 aliphatic carbocycles. The Morgan fingerprint density at radius 3 is 2.61 bits per heavy atom. The molecule has 146 valence electrons. The van der Waals surface area contributed by atoms with E-state index in [1.807, 2.05) is 30.7 Å². The zero-order chi connectivity index (χ0) is 19.9. The Hall–Kier alpha value is -2.76. The van der Waals surface area contributed by atoms with Gasteiger partial charge in [-0.1, -0.05) is 29.8 Å². The van der Waals surface area contributed by atoms with Crippen molar-refractivity contribution in [2.24, 2.45) is 0 Å². The van der Waals surface area contributed by atoms with Crippen LogP contribution in [0.15, 0.2) is 42.5 Å². The standard InChI is InChI=1S/C22H22F3N3/c1-14-9-10-19(15(2)12-14)28-21-18(8-3-4-11-26-21)20(27-28)16-6-5-7-17(13-16)22(23,24)25/h5-7,9-10,12-13,26H,3-4,8,11H2,1-2H3. The molecule has 2 aromatic carbocycles. The lowest BCUT2D eigenvalue weighted by molar-refractivity contribution is -0.137. The van der Waals surface area contributed by atoms with Crippen LogP contribution >= 0.6 is 0 Å².